The van der Waals surface area contributed by atoms with Gasteiger partial charge in [-0.05, 0) is 36.7 Å². The van der Waals surface area contributed by atoms with E-state index < -0.39 is 5.79 Å². The zero-order chi connectivity index (χ0) is 17.6. The first-order chi connectivity index (χ1) is 12.0. The lowest BCUT2D eigenvalue weighted by Gasteiger charge is -2.25. The summed E-state index contributed by atoms with van der Waals surface area (Å²) in [6, 6.07) is 3.90. The molecule has 0 radical (unpaired) electrons. The first kappa shape index (κ1) is 16.8. The Morgan fingerprint density at radius 1 is 1.40 bits per heavy atom. The van der Waals surface area contributed by atoms with Gasteiger partial charge in [0.25, 0.3) is 11.7 Å². The number of ether oxygens (including phenoxy) is 2. The lowest BCUT2D eigenvalue weighted by molar-refractivity contribution is -0.181. The SMILES string of the molecule is CNC(=O)C1(Cc2cc(Cl)cc3c4c([nH]c23)CN(C)CC4)OCCO1. The van der Waals surface area contributed by atoms with Gasteiger partial charge in [-0.15, -0.1) is 0 Å². The van der Waals surface area contributed by atoms with Crippen LogP contribution in [-0.4, -0.2) is 55.4 Å². The highest BCUT2D eigenvalue weighted by Gasteiger charge is 2.44. The van der Waals surface area contributed by atoms with Gasteiger partial charge < -0.3 is 24.7 Å². The Labute approximate surface area is 151 Å². The third-order valence-electron chi connectivity index (χ3n) is 5.07. The quantitative estimate of drug-likeness (QED) is 0.873. The second-order valence-corrected chi connectivity index (χ2v) is 7.20. The molecule has 1 aromatic heterocycles. The minimum absolute atomic E-state index is 0.269. The fraction of sp³-hybridized carbons (Fsp3) is 0.500. The van der Waals surface area contributed by atoms with Crippen molar-refractivity contribution in [3.8, 4) is 0 Å². The van der Waals surface area contributed by atoms with Crippen LogP contribution in [0.3, 0.4) is 0 Å². The van der Waals surface area contributed by atoms with Crippen LogP contribution in [0.1, 0.15) is 16.8 Å². The predicted molar refractivity (Wildman–Crippen MR) is 95.8 cm³/mol. The summed E-state index contributed by atoms with van der Waals surface area (Å²) in [6.07, 6.45) is 1.30. The summed E-state index contributed by atoms with van der Waals surface area (Å²) < 4.78 is 11.4. The van der Waals surface area contributed by atoms with Crippen LogP contribution in [0.4, 0.5) is 0 Å². The van der Waals surface area contributed by atoms with Gasteiger partial charge in [0.15, 0.2) is 0 Å². The molecule has 0 spiro atoms. The van der Waals surface area contributed by atoms with Crippen molar-refractivity contribution >= 4 is 28.4 Å². The van der Waals surface area contributed by atoms with Gasteiger partial charge >= 0.3 is 0 Å². The molecular formula is C18H22ClN3O3. The number of H-pyrrole nitrogens is 1. The van der Waals surface area contributed by atoms with E-state index in [1.165, 1.54) is 11.3 Å². The zero-order valence-electron chi connectivity index (χ0n) is 14.4. The number of rotatable bonds is 3. The maximum atomic E-state index is 12.4. The Balaban J connectivity index is 1.80. The molecule has 0 atom stereocenters. The number of benzene rings is 1. The molecule has 2 aromatic rings. The van der Waals surface area contributed by atoms with Gasteiger partial charge in [-0.1, -0.05) is 11.6 Å². The molecule has 0 saturated carbocycles. The van der Waals surface area contributed by atoms with Crippen molar-refractivity contribution < 1.29 is 14.3 Å². The van der Waals surface area contributed by atoms with Gasteiger partial charge in [-0.25, -0.2) is 0 Å². The summed E-state index contributed by atoms with van der Waals surface area (Å²) in [5.74, 6) is -1.55. The van der Waals surface area contributed by atoms with Crippen LogP contribution in [0.2, 0.25) is 5.02 Å². The lowest BCUT2D eigenvalue weighted by atomic mass is 9.98. The largest absolute Gasteiger partial charge is 0.357 e. The van der Waals surface area contributed by atoms with Gasteiger partial charge in [0.1, 0.15) is 0 Å². The molecule has 2 N–H and O–H groups in total. The molecule has 6 nitrogen and oxygen atoms in total. The number of carbonyl (C=O) groups is 1. The number of hydrogen-bond donors (Lipinski definition) is 2. The molecule has 4 rings (SSSR count). The van der Waals surface area contributed by atoms with Crippen molar-refractivity contribution in [2.75, 3.05) is 33.9 Å². The highest BCUT2D eigenvalue weighted by Crippen LogP contribution is 2.35. The monoisotopic (exact) mass is 363 g/mol. The molecule has 1 fully saturated rings. The Morgan fingerprint density at radius 3 is 2.88 bits per heavy atom. The second-order valence-electron chi connectivity index (χ2n) is 6.76. The van der Waals surface area contributed by atoms with Crippen LogP contribution >= 0.6 is 11.6 Å². The lowest BCUT2D eigenvalue weighted by Crippen LogP contribution is -2.48. The van der Waals surface area contributed by atoms with Crippen LogP contribution in [-0.2, 0) is 33.7 Å². The number of hydrogen-bond acceptors (Lipinski definition) is 4. The van der Waals surface area contributed by atoms with Gasteiger partial charge in [0, 0.05) is 48.2 Å². The summed E-state index contributed by atoms with van der Waals surface area (Å²) in [4.78, 5) is 18.2. The Hall–Kier alpha value is -1.60. The highest BCUT2D eigenvalue weighted by molar-refractivity contribution is 6.31. The molecule has 1 amide bonds. The molecule has 25 heavy (non-hydrogen) atoms. The standard InChI is InChI=1S/C18H22ClN3O3/c1-20-17(23)18(24-5-6-25-18)9-11-7-12(19)8-14-13-3-4-22(2)10-15(13)21-16(11)14/h7-8,21H,3-6,9-10H2,1-2H3,(H,20,23). The zero-order valence-corrected chi connectivity index (χ0v) is 15.2. The molecule has 0 aliphatic carbocycles. The maximum Gasteiger partial charge on any atom is 0.280 e. The van der Waals surface area contributed by atoms with Crippen LogP contribution in [0.25, 0.3) is 10.9 Å². The number of nitrogens with zero attached hydrogens (tertiary/aromatic N) is 1. The van der Waals surface area contributed by atoms with Gasteiger partial charge in [-0.2, -0.15) is 0 Å². The van der Waals surface area contributed by atoms with Gasteiger partial charge in [-0.3, -0.25) is 4.79 Å². The van der Waals surface area contributed by atoms with E-state index in [2.05, 4.69) is 22.2 Å². The Bertz CT molecular complexity index is 827. The summed E-state index contributed by atoms with van der Waals surface area (Å²) in [5, 5.41) is 4.44. The number of fused-ring (bicyclic) bond motifs is 3. The molecule has 2 aliphatic rings. The van der Waals surface area contributed by atoms with Crippen molar-refractivity contribution in [1.82, 2.24) is 15.2 Å². The van der Waals surface area contributed by atoms with Gasteiger partial charge in [0.05, 0.1) is 13.2 Å². The fourth-order valence-electron chi connectivity index (χ4n) is 3.86. The summed E-state index contributed by atoms with van der Waals surface area (Å²) in [7, 11) is 3.70. The van der Waals surface area contributed by atoms with Crippen LogP contribution in [0.15, 0.2) is 12.1 Å². The normalized spacial score (nSPS) is 20.0. The minimum atomic E-state index is -1.28. The Morgan fingerprint density at radius 2 is 2.16 bits per heavy atom. The van der Waals surface area contributed by atoms with E-state index in [1.807, 2.05) is 12.1 Å². The number of nitrogens with one attached hydrogen (secondary N) is 2. The van der Waals surface area contributed by atoms with E-state index in [0.717, 1.165) is 36.0 Å². The molecule has 0 unspecified atom stereocenters. The average molecular weight is 364 g/mol. The summed E-state index contributed by atoms with van der Waals surface area (Å²) in [5.41, 5.74) is 4.49. The van der Waals surface area contributed by atoms with E-state index in [-0.39, 0.29) is 5.91 Å². The highest BCUT2D eigenvalue weighted by atomic mass is 35.5. The number of carbonyl (C=O) groups excluding carboxylic acids is 1. The van der Waals surface area contributed by atoms with Crippen molar-refractivity contribution in [2.24, 2.45) is 0 Å². The number of amides is 1. The number of aromatic amines is 1. The molecular weight excluding hydrogens is 342 g/mol. The Kier molecular flexibility index (Phi) is 4.24. The molecule has 134 valence electrons. The predicted octanol–water partition coefficient (Wildman–Crippen LogP) is 1.84. The van der Waals surface area contributed by atoms with Crippen LogP contribution in [0.5, 0.6) is 0 Å². The fourth-order valence-corrected chi connectivity index (χ4v) is 4.10. The van der Waals surface area contributed by atoms with Crippen LogP contribution < -0.4 is 5.32 Å². The number of likely N-dealkylation sites (N-methyl/N-ethyl adjacent to an activating group) is 2. The van der Waals surface area contributed by atoms with E-state index >= 15 is 0 Å². The molecule has 7 heteroatoms. The number of halogens is 1. The van der Waals surface area contributed by atoms with E-state index in [1.54, 1.807) is 7.05 Å². The number of aromatic nitrogens is 1. The van der Waals surface area contributed by atoms with Gasteiger partial charge in [0.2, 0.25) is 0 Å². The third kappa shape index (κ3) is 2.83. The third-order valence-corrected chi connectivity index (χ3v) is 5.29. The smallest absolute Gasteiger partial charge is 0.280 e. The second kappa shape index (κ2) is 6.29. The van der Waals surface area contributed by atoms with E-state index in [9.17, 15) is 4.79 Å². The topological polar surface area (TPSA) is 66.6 Å². The summed E-state index contributed by atoms with van der Waals surface area (Å²) in [6.45, 7) is 2.72. The van der Waals surface area contributed by atoms with Crippen molar-refractivity contribution in [1.29, 1.82) is 0 Å². The minimum Gasteiger partial charge on any atom is -0.357 e. The molecule has 1 aromatic carbocycles. The van der Waals surface area contributed by atoms with Crippen molar-refractivity contribution in [2.45, 2.75) is 25.2 Å². The maximum absolute atomic E-state index is 12.4. The molecule has 0 bridgehead atoms. The first-order valence-electron chi connectivity index (χ1n) is 8.53. The summed E-state index contributed by atoms with van der Waals surface area (Å²) >= 11 is 6.39. The van der Waals surface area contributed by atoms with E-state index in [0.29, 0.717) is 24.7 Å². The van der Waals surface area contributed by atoms with Crippen molar-refractivity contribution in [3.63, 3.8) is 0 Å². The molecule has 2 aliphatic heterocycles. The molecule has 1 saturated heterocycles. The average Bonchev–Trinajstić information content (AvgIpc) is 3.19. The first-order valence-corrected chi connectivity index (χ1v) is 8.91. The van der Waals surface area contributed by atoms with Crippen molar-refractivity contribution in [3.05, 3.63) is 34.0 Å². The van der Waals surface area contributed by atoms with Crippen LogP contribution in [0, 0.1) is 0 Å². The van der Waals surface area contributed by atoms with E-state index in [4.69, 9.17) is 21.1 Å². The molecule has 3 heterocycles.